The first kappa shape index (κ1) is 12.7. The maximum atomic E-state index is 12.4. The standard InChI is InChI=1S/C14H22N4O/c1-11-9-17(13-3-4-13)7-8-18(11)14(19)10-16-6-5-15-12(16)2/h5-6,11,13H,3-4,7-10H2,1-2H3. The number of aromatic nitrogens is 2. The van der Waals surface area contributed by atoms with E-state index in [-0.39, 0.29) is 5.91 Å². The molecular formula is C14H22N4O. The molecule has 1 aliphatic heterocycles. The third-order valence-corrected chi connectivity index (χ3v) is 4.27. The Morgan fingerprint density at radius 2 is 2.21 bits per heavy atom. The number of aryl methyl sites for hydroxylation is 1. The molecule has 0 N–H and O–H groups in total. The molecule has 0 aromatic carbocycles. The van der Waals surface area contributed by atoms with Gasteiger partial charge in [0.25, 0.3) is 0 Å². The van der Waals surface area contributed by atoms with Gasteiger partial charge in [0, 0.05) is 44.1 Å². The molecule has 19 heavy (non-hydrogen) atoms. The van der Waals surface area contributed by atoms with Crippen molar-refractivity contribution in [3.8, 4) is 0 Å². The van der Waals surface area contributed by atoms with Crippen LogP contribution in [0.4, 0.5) is 0 Å². The number of imidazole rings is 1. The van der Waals surface area contributed by atoms with Crippen molar-refractivity contribution in [3.05, 3.63) is 18.2 Å². The second kappa shape index (κ2) is 4.96. The monoisotopic (exact) mass is 262 g/mol. The third kappa shape index (κ3) is 2.66. The molecule has 1 amide bonds. The summed E-state index contributed by atoms with van der Waals surface area (Å²) >= 11 is 0. The number of hydrogen-bond acceptors (Lipinski definition) is 3. The van der Waals surface area contributed by atoms with E-state index in [9.17, 15) is 4.79 Å². The first-order valence-corrected chi connectivity index (χ1v) is 7.16. The zero-order valence-corrected chi connectivity index (χ0v) is 11.7. The van der Waals surface area contributed by atoms with Gasteiger partial charge in [0.1, 0.15) is 12.4 Å². The van der Waals surface area contributed by atoms with Crippen LogP contribution in [0.2, 0.25) is 0 Å². The fourth-order valence-electron chi connectivity index (χ4n) is 2.94. The maximum Gasteiger partial charge on any atom is 0.242 e. The van der Waals surface area contributed by atoms with Crippen LogP contribution in [0, 0.1) is 6.92 Å². The van der Waals surface area contributed by atoms with Gasteiger partial charge < -0.3 is 9.47 Å². The Morgan fingerprint density at radius 3 is 2.79 bits per heavy atom. The minimum absolute atomic E-state index is 0.212. The average Bonchev–Trinajstić information content (AvgIpc) is 3.15. The van der Waals surface area contributed by atoms with Crippen LogP contribution >= 0.6 is 0 Å². The third-order valence-electron chi connectivity index (χ3n) is 4.27. The van der Waals surface area contributed by atoms with Crippen LogP contribution in [0.5, 0.6) is 0 Å². The zero-order valence-electron chi connectivity index (χ0n) is 11.7. The summed E-state index contributed by atoms with van der Waals surface area (Å²) in [7, 11) is 0. The van der Waals surface area contributed by atoms with Gasteiger partial charge in [-0.2, -0.15) is 0 Å². The number of nitrogens with zero attached hydrogens (tertiary/aromatic N) is 4. The number of piperazine rings is 1. The average molecular weight is 262 g/mol. The van der Waals surface area contributed by atoms with E-state index in [2.05, 4.69) is 16.8 Å². The van der Waals surface area contributed by atoms with Crippen LogP contribution in [-0.4, -0.2) is 57.0 Å². The molecule has 2 fully saturated rings. The summed E-state index contributed by atoms with van der Waals surface area (Å²) in [4.78, 5) is 21.1. The molecule has 1 unspecified atom stereocenters. The van der Waals surface area contributed by atoms with Crippen molar-refractivity contribution in [3.63, 3.8) is 0 Å². The molecule has 1 atom stereocenters. The van der Waals surface area contributed by atoms with Gasteiger partial charge in [-0.05, 0) is 26.7 Å². The fourth-order valence-corrected chi connectivity index (χ4v) is 2.94. The Kier molecular flexibility index (Phi) is 3.31. The highest BCUT2D eigenvalue weighted by molar-refractivity contribution is 5.76. The summed E-state index contributed by atoms with van der Waals surface area (Å²) in [5.74, 6) is 1.11. The zero-order chi connectivity index (χ0) is 13.4. The maximum absolute atomic E-state index is 12.4. The van der Waals surface area contributed by atoms with E-state index < -0.39 is 0 Å². The first-order valence-electron chi connectivity index (χ1n) is 7.16. The van der Waals surface area contributed by atoms with Gasteiger partial charge in [0.15, 0.2) is 0 Å². The van der Waals surface area contributed by atoms with Crippen molar-refractivity contribution in [1.82, 2.24) is 19.4 Å². The second-order valence-electron chi connectivity index (χ2n) is 5.76. The van der Waals surface area contributed by atoms with Crippen LogP contribution in [0.3, 0.4) is 0 Å². The smallest absolute Gasteiger partial charge is 0.242 e. The SMILES string of the molecule is Cc1nccn1CC(=O)N1CCN(C2CC2)CC1C. The van der Waals surface area contributed by atoms with Crippen molar-refractivity contribution in [2.24, 2.45) is 0 Å². The lowest BCUT2D eigenvalue weighted by Gasteiger charge is -2.40. The summed E-state index contributed by atoms with van der Waals surface area (Å²) in [5, 5.41) is 0. The molecule has 5 nitrogen and oxygen atoms in total. The molecule has 1 aromatic heterocycles. The Bertz CT molecular complexity index is 466. The number of carbonyl (C=O) groups is 1. The molecule has 3 rings (SSSR count). The van der Waals surface area contributed by atoms with Crippen LogP contribution in [0.25, 0.3) is 0 Å². The van der Waals surface area contributed by atoms with Gasteiger partial charge in [-0.15, -0.1) is 0 Å². The van der Waals surface area contributed by atoms with E-state index >= 15 is 0 Å². The summed E-state index contributed by atoms with van der Waals surface area (Å²) in [6, 6.07) is 1.13. The van der Waals surface area contributed by atoms with Gasteiger partial charge in [0.2, 0.25) is 5.91 Å². The minimum atomic E-state index is 0.212. The second-order valence-corrected chi connectivity index (χ2v) is 5.76. The number of rotatable bonds is 3. The van der Waals surface area contributed by atoms with Gasteiger partial charge >= 0.3 is 0 Å². The van der Waals surface area contributed by atoms with Crippen LogP contribution < -0.4 is 0 Å². The number of amides is 1. The molecule has 1 aliphatic carbocycles. The molecular weight excluding hydrogens is 240 g/mol. The van der Waals surface area contributed by atoms with Crippen molar-refractivity contribution in [1.29, 1.82) is 0 Å². The highest BCUT2D eigenvalue weighted by atomic mass is 16.2. The predicted molar refractivity (Wildman–Crippen MR) is 72.7 cm³/mol. The Balaban J connectivity index is 1.59. The summed E-state index contributed by atoms with van der Waals surface area (Å²) in [6.45, 7) is 7.43. The highest BCUT2D eigenvalue weighted by Crippen LogP contribution is 2.28. The van der Waals surface area contributed by atoms with Crippen molar-refractivity contribution >= 4 is 5.91 Å². The Hall–Kier alpha value is -1.36. The molecule has 0 radical (unpaired) electrons. The normalized spacial score (nSPS) is 24.7. The van der Waals surface area contributed by atoms with Crippen LogP contribution in [-0.2, 0) is 11.3 Å². The lowest BCUT2D eigenvalue weighted by molar-refractivity contribution is -0.136. The van der Waals surface area contributed by atoms with E-state index in [0.29, 0.717) is 12.6 Å². The minimum Gasteiger partial charge on any atom is -0.336 e. The molecule has 1 saturated carbocycles. The molecule has 2 heterocycles. The number of carbonyl (C=O) groups excluding carboxylic acids is 1. The topological polar surface area (TPSA) is 41.4 Å². The van der Waals surface area contributed by atoms with E-state index in [1.165, 1.54) is 12.8 Å². The van der Waals surface area contributed by atoms with Crippen molar-refractivity contribution < 1.29 is 4.79 Å². The van der Waals surface area contributed by atoms with E-state index in [4.69, 9.17) is 0 Å². The summed E-state index contributed by atoms with van der Waals surface area (Å²) in [6.07, 6.45) is 6.30. The van der Waals surface area contributed by atoms with Crippen LogP contribution in [0.1, 0.15) is 25.6 Å². The largest absolute Gasteiger partial charge is 0.336 e. The molecule has 104 valence electrons. The van der Waals surface area contributed by atoms with Gasteiger partial charge in [-0.3, -0.25) is 9.69 Å². The van der Waals surface area contributed by atoms with Gasteiger partial charge in [0.05, 0.1) is 0 Å². The van der Waals surface area contributed by atoms with E-state index in [0.717, 1.165) is 31.5 Å². The molecule has 1 aromatic rings. The van der Waals surface area contributed by atoms with Crippen molar-refractivity contribution in [2.75, 3.05) is 19.6 Å². The Labute approximate surface area is 114 Å². The van der Waals surface area contributed by atoms with Crippen LogP contribution in [0.15, 0.2) is 12.4 Å². The lowest BCUT2D eigenvalue weighted by Crippen LogP contribution is -2.55. The number of hydrogen-bond donors (Lipinski definition) is 0. The molecule has 0 spiro atoms. The van der Waals surface area contributed by atoms with Gasteiger partial charge in [-0.1, -0.05) is 0 Å². The molecule has 5 heteroatoms. The van der Waals surface area contributed by atoms with Gasteiger partial charge in [-0.25, -0.2) is 4.98 Å². The molecule has 0 bridgehead atoms. The molecule has 2 aliphatic rings. The van der Waals surface area contributed by atoms with E-state index in [1.807, 2.05) is 22.6 Å². The Morgan fingerprint density at radius 1 is 1.42 bits per heavy atom. The fraction of sp³-hybridized carbons (Fsp3) is 0.714. The van der Waals surface area contributed by atoms with Crippen molar-refractivity contribution in [2.45, 2.75) is 45.3 Å². The summed E-state index contributed by atoms with van der Waals surface area (Å²) < 4.78 is 1.92. The quantitative estimate of drug-likeness (QED) is 0.812. The van der Waals surface area contributed by atoms with E-state index in [1.54, 1.807) is 6.20 Å². The predicted octanol–water partition coefficient (Wildman–Crippen LogP) is 0.887. The lowest BCUT2D eigenvalue weighted by atomic mass is 10.2. The summed E-state index contributed by atoms with van der Waals surface area (Å²) in [5.41, 5.74) is 0. The highest BCUT2D eigenvalue weighted by Gasteiger charge is 2.35. The first-order chi connectivity index (χ1) is 9.15. The molecule has 1 saturated heterocycles.